The number of amides is 1. The van der Waals surface area contributed by atoms with E-state index in [0.29, 0.717) is 12.5 Å². The van der Waals surface area contributed by atoms with Crippen LogP contribution in [0.25, 0.3) is 0 Å². The van der Waals surface area contributed by atoms with Gasteiger partial charge in [0.2, 0.25) is 11.9 Å². The minimum absolute atomic E-state index is 0.0297. The van der Waals surface area contributed by atoms with Gasteiger partial charge in [-0.2, -0.15) is 0 Å². The predicted octanol–water partition coefficient (Wildman–Crippen LogP) is -1.17. The topological polar surface area (TPSA) is 107 Å². The number of rotatable bonds is 4. The first-order valence-electron chi connectivity index (χ1n) is 3.75. The van der Waals surface area contributed by atoms with Gasteiger partial charge >= 0.3 is 0 Å². The van der Waals surface area contributed by atoms with Crippen LogP contribution in [0, 0.1) is 0 Å². The molecule has 0 radical (unpaired) electrons. The number of primary amides is 1. The lowest BCUT2D eigenvalue weighted by Gasteiger charge is -2.01. The molecular formula is C7H11N5O. The van der Waals surface area contributed by atoms with E-state index in [2.05, 4.69) is 15.3 Å². The zero-order chi connectivity index (χ0) is 9.68. The van der Waals surface area contributed by atoms with Crippen molar-refractivity contribution < 1.29 is 4.79 Å². The summed E-state index contributed by atoms with van der Waals surface area (Å²) in [5, 5.41) is 2.66. The Kier molecular flexibility index (Phi) is 3.15. The lowest BCUT2D eigenvalue weighted by atomic mass is 10.3. The van der Waals surface area contributed by atoms with E-state index in [-0.39, 0.29) is 6.54 Å². The third-order valence-corrected chi connectivity index (χ3v) is 1.36. The van der Waals surface area contributed by atoms with Crippen molar-refractivity contribution in [1.82, 2.24) is 9.97 Å². The molecule has 6 nitrogen and oxygen atoms in total. The van der Waals surface area contributed by atoms with E-state index < -0.39 is 5.91 Å². The van der Waals surface area contributed by atoms with E-state index >= 15 is 0 Å². The molecule has 0 aromatic carbocycles. The van der Waals surface area contributed by atoms with Crippen LogP contribution in [-0.4, -0.2) is 22.4 Å². The normalized spacial score (nSPS) is 9.62. The SMILES string of the molecule is NCc1cnc(NCC(N)=O)nc1. The van der Waals surface area contributed by atoms with Crippen LogP contribution in [0.15, 0.2) is 12.4 Å². The number of nitrogens with two attached hydrogens (primary N) is 2. The van der Waals surface area contributed by atoms with Crippen molar-refractivity contribution in [3.8, 4) is 0 Å². The molecule has 1 aromatic rings. The van der Waals surface area contributed by atoms with Crippen LogP contribution in [-0.2, 0) is 11.3 Å². The summed E-state index contributed by atoms with van der Waals surface area (Å²) in [6.45, 7) is 0.429. The second kappa shape index (κ2) is 4.36. The highest BCUT2D eigenvalue weighted by Gasteiger charge is 1.97. The van der Waals surface area contributed by atoms with E-state index in [0.717, 1.165) is 5.56 Å². The molecule has 0 bridgehead atoms. The molecule has 0 aliphatic carbocycles. The molecule has 0 saturated carbocycles. The second-order valence-electron chi connectivity index (χ2n) is 2.44. The van der Waals surface area contributed by atoms with Gasteiger partial charge in [0.15, 0.2) is 0 Å². The lowest BCUT2D eigenvalue weighted by Crippen LogP contribution is -2.22. The third-order valence-electron chi connectivity index (χ3n) is 1.36. The van der Waals surface area contributed by atoms with Gasteiger partial charge in [0.25, 0.3) is 0 Å². The minimum atomic E-state index is -0.452. The smallest absolute Gasteiger partial charge is 0.236 e. The van der Waals surface area contributed by atoms with Crippen LogP contribution < -0.4 is 16.8 Å². The van der Waals surface area contributed by atoms with Crippen molar-refractivity contribution in [2.75, 3.05) is 11.9 Å². The molecule has 1 rings (SSSR count). The Labute approximate surface area is 75.4 Å². The molecule has 0 unspecified atom stereocenters. The van der Waals surface area contributed by atoms with Crippen LogP contribution in [0.5, 0.6) is 0 Å². The lowest BCUT2D eigenvalue weighted by molar-refractivity contribution is -0.116. The van der Waals surface area contributed by atoms with E-state index in [1.165, 1.54) is 0 Å². The summed E-state index contributed by atoms with van der Waals surface area (Å²) in [6.07, 6.45) is 3.19. The number of anilines is 1. The summed E-state index contributed by atoms with van der Waals surface area (Å²) < 4.78 is 0. The van der Waals surface area contributed by atoms with Gasteiger partial charge in [-0.15, -0.1) is 0 Å². The molecule has 0 atom stereocenters. The number of carbonyl (C=O) groups excluding carboxylic acids is 1. The van der Waals surface area contributed by atoms with E-state index in [9.17, 15) is 4.79 Å². The largest absolute Gasteiger partial charge is 0.368 e. The van der Waals surface area contributed by atoms with Gasteiger partial charge in [0.1, 0.15) is 0 Å². The molecular weight excluding hydrogens is 170 g/mol. The molecule has 0 fully saturated rings. The summed E-state index contributed by atoms with van der Waals surface area (Å²) in [6, 6.07) is 0. The van der Waals surface area contributed by atoms with Crippen molar-refractivity contribution in [2.24, 2.45) is 11.5 Å². The van der Waals surface area contributed by atoms with Gasteiger partial charge < -0.3 is 16.8 Å². The summed E-state index contributed by atoms with van der Waals surface area (Å²) >= 11 is 0. The third kappa shape index (κ3) is 3.04. The average Bonchev–Trinajstić information content (AvgIpc) is 2.15. The first kappa shape index (κ1) is 9.40. The van der Waals surface area contributed by atoms with Crippen LogP contribution in [0.4, 0.5) is 5.95 Å². The van der Waals surface area contributed by atoms with Crippen molar-refractivity contribution >= 4 is 11.9 Å². The van der Waals surface area contributed by atoms with E-state index in [1.54, 1.807) is 12.4 Å². The van der Waals surface area contributed by atoms with E-state index in [4.69, 9.17) is 11.5 Å². The number of hydrogen-bond donors (Lipinski definition) is 3. The highest BCUT2D eigenvalue weighted by Crippen LogP contribution is 1.97. The molecule has 1 heterocycles. The van der Waals surface area contributed by atoms with Crippen LogP contribution in [0.3, 0.4) is 0 Å². The first-order chi connectivity index (χ1) is 6.22. The summed E-state index contributed by atoms with van der Waals surface area (Å²) in [5.41, 5.74) is 11.1. The van der Waals surface area contributed by atoms with Gasteiger partial charge in [-0.05, 0) is 0 Å². The molecule has 5 N–H and O–H groups in total. The number of nitrogens with zero attached hydrogens (tertiary/aromatic N) is 2. The standard InChI is InChI=1S/C7H11N5O/c8-1-5-2-10-7(11-3-5)12-4-6(9)13/h2-3H,1,4,8H2,(H2,9,13)(H,10,11,12). The highest BCUT2D eigenvalue weighted by molar-refractivity contribution is 5.78. The Balaban J connectivity index is 2.54. The minimum Gasteiger partial charge on any atom is -0.368 e. The Hall–Kier alpha value is -1.69. The molecule has 13 heavy (non-hydrogen) atoms. The Morgan fingerprint density at radius 2 is 2.08 bits per heavy atom. The molecule has 1 aromatic heterocycles. The van der Waals surface area contributed by atoms with Crippen LogP contribution in [0.2, 0.25) is 0 Å². The summed E-state index contributed by atoms with van der Waals surface area (Å²) in [5.74, 6) is -0.0810. The summed E-state index contributed by atoms with van der Waals surface area (Å²) in [4.78, 5) is 18.2. The van der Waals surface area contributed by atoms with Crippen molar-refractivity contribution in [1.29, 1.82) is 0 Å². The zero-order valence-corrected chi connectivity index (χ0v) is 7.03. The molecule has 0 aliphatic rings. The van der Waals surface area contributed by atoms with Gasteiger partial charge in [0, 0.05) is 24.5 Å². The van der Waals surface area contributed by atoms with Gasteiger partial charge in [0.05, 0.1) is 6.54 Å². The van der Waals surface area contributed by atoms with Crippen molar-refractivity contribution in [3.05, 3.63) is 18.0 Å². The molecule has 70 valence electrons. The summed E-state index contributed by atoms with van der Waals surface area (Å²) in [7, 11) is 0. The monoisotopic (exact) mass is 181 g/mol. The molecule has 0 spiro atoms. The number of carbonyl (C=O) groups is 1. The quantitative estimate of drug-likeness (QED) is 0.542. The van der Waals surface area contributed by atoms with Crippen LogP contribution in [0.1, 0.15) is 5.56 Å². The molecule has 6 heteroatoms. The molecule has 0 aliphatic heterocycles. The fraction of sp³-hybridized carbons (Fsp3) is 0.286. The first-order valence-corrected chi connectivity index (χ1v) is 3.75. The average molecular weight is 181 g/mol. The van der Waals surface area contributed by atoms with Crippen molar-refractivity contribution in [3.63, 3.8) is 0 Å². The number of aromatic nitrogens is 2. The Morgan fingerprint density at radius 3 is 2.54 bits per heavy atom. The predicted molar refractivity (Wildman–Crippen MR) is 47.6 cm³/mol. The Bertz CT molecular complexity index is 283. The van der Waals surface area contributed by atoms with E-state index in [1.807, 2.05) is 0 Å². The van der Waals surface area contributed by atoms with Crippen LogP contribution >= 0.6 is 0 Å². The highest BCUT2D eigenvalue weighted by atomic mass is 16.1. The van der Waals surface area contributed by atoms with Crippen molar-refractivity contribution in [2.45, 2.75) is 6.54 Å². The maximum atomic E-state index is 10.4. The number of hydrogen-bond acceptors (Lipinski definition) is 5. The van der Waals surface area contributed by atoms with Gasteiger partial charge in [-0.1, -0.05) is 0 Å². The fourth-order valence-electron chi connectivity index (χ4n) is 0.718. The molecule has 0 saturated heterocycles. The fourth-order valence-corrected chi connectivity index (χ4v) is 0.718. The Morgan fingerprint density at radius 1 is 1.46 bits per heavy atom. The van der Waals surface area contributed by atoms with Gasteiger partial charge in [-0.25, -0.2) is 9.97 Å². The van der Waals surface area contributed by atoms with Gasteiger partial charge in [-0.3, -0.25) is 4.79 Å². The zero-order valence-electron chi connectivity index (χ0n) is 7.03. The second-order valence-corrected chi connectivity index (χ2v) is 2.44. The maximum Gasteiger partial charge on any atom is 0.236 e. The maximum absolute atomic E-state index is 10.4. The number of nitrogens with one attached hydrogen (secondary N) is 1. The molecule has 1 amide bonds.